The summed E-state index contributed by atoms with van der Waals surface area (Å²) in [5.74, 6) is 0.329. The molecule has 1 aromatic rings. The van der Waals surface area contributed by atoms with Gasteiger partial charge in [0, 0.05) is 6.42 Å². The molecule has 0 bridgehead atoms. The lowest BCUT2D eigenvalue weighted by Gasteiger charge is -1.89. The van der Waals surface area contributed by atoms with E-state index in [0.29, 0.717) is 12.2 Å². The molecule has 0 saturated heterocycles. The van der Waals surface area contributed by atoms with Gasteiger partial charge in [-0.1, -0.05) is 24.6 Å². The van der Waals surface area contributed by atoms with E-state index in [9.17, 15) is 4.79 Å². The van der Waals surface area contributed by atoms with Gasteiger partial charge in [0.1, 0.15) is 5.75 Å². The second kappa shape index (κ2) is 7.39. The highest BCUT2D eigenvalue weighted by molar-refractivity contribution is 6.63. The molecule has 3 heteroatoms. The molecule has 0 fully saturated rings. The highest BCUT2D eigenvalue weighted by Crippen LogP contribution is 2.07. The Morgan fingerprint density at radius 3 is 2.07 bits per heavy atom. The van der Waals surface area contributed by atoms with Crippen molar-refractivity contribution in [3.8, 4) is 5.75 Å². The van der Waals surface area contributed by atoms with Crippen LogP contribution in [0, 0.1) is 6.92 Å². The molecule has 0 amide bonds. The molecule has 0 spiro atoms. The first-order chi connectivity index (χ1) is 6.56. The molecule has 0 aliphatic heterocycles. The van der Waals surface area contributed by atoms with Gasteiger partial charge in [-0.3, -0.25) is 4.79 Å². The third kappa shape index (κ3) is 7.62. The zero-order valence-corrected chi connectivity index (χ0v) is 9.21. The quantitative estimate of drug-likeness (QED) is 0.768. The number of phenolic OH excluding ortho intramolecular Hbond substituents is 1. The first-order valence-corrected chi connectivity index (χ1v) is 4.88. The standard InChI is InChI=1S/C7H8O.C4H7ClO/c1-6-2-4-7(8)5-3-6;1-2-3-4(5)6/h2-5,8H,1H3;2-3H2,1H3. The van der Waals surface area contributed by atoms with Crippen LogP contribution in [0.3, 0.4) is 0 Å². The van der Waals surface area contributed by atoms with Gasteiger partial charge in [-0.25, -0.2) is 0 Å². The Labute approximate surface area is 89.5 Å². The van der Waals surface area contributed by atoms with E-state index in [0.717, 1.165) is 6.42 Å². The van der Waals surface area contributed by atoms with Gasteiger partial charge in [-0.2, -0.15) is 0 Å². The summed E-state index contributed by atoms with van der Waals surface area (Å²) in [6.07, 6.45) is 1.35. The van der Waals surface area contributed by atoms with E-state index in [1.807, 2.05) is 26.0 Å². The largest absolute Gasteiger partial charge is 0.508 e. The number of rotatable bonds is 2. The molecule has 14 heavy (non-hydrogen) atoms. The van der Waals surface area contributed by atoms with Gasteiger partial charge in [-0.15, -0.1) is 0 Å². The highest BCUT2D eigenvalue weighted by atomic mass is 35.5. The van der Waals surface area contributed by atoms with Gasteiger partial charge in [0.05, 0.1) is 0 Å². The number of phenols is 1. The SMILES string of the molecule is CCCC(=O)Cl.Cc1ccc(O)cc1. The fraction of sp³-hybridized carbons (Fsp3) is 0.364. The summed E-state index contributed by atoms with van der Waals surface area (Å²) < 4.78 is 0. The van der Waals surface area contributed by atoms with Crippen LogP contribution in [0.4, 0.5) is 0 Å². The fourth-order valence-corrected chi connectivity index (χ4v) is 0.930. The van der Waals surface area contributed by atoms with E-state index in [2.05, 4.69) is 0 Å². The van der Waals surface area contributed by atoms with Crippen LogP contribution in [0.5, 0.6) is 5.75 Å². The van der Waals surface area contributed by atoms with Crippen LogP contribution in [0.2, 0.25) is 0 Å². The monoisotopic (exact) mass is 214 g/mol. The average Bonchev–Trinajstić information content (AvgIpc) is 2.11. The van der Waals surface area contributed by atoms with Crippen molar-refractivity contribution in [1.29, 1.82) is 0 Å². The molecule has 0 unspecified atom stereocenters. The average molecular weight is 215 g/mol. The number of aromatic hydroxyl groups is 1. The van der Waals surface area contributed by atoms with Crippen LogP contribution in [0.25, 0.3) is 0 Å². The van der Waals surface area contributed by atoms with Crippen molar-refractivity contribution in [2.24, 2.45) is 0 Å². The Balaban J connectivity index is 0.000000255. The van der Waals surface area contributed by atoms with E-state index in [-0.39, 0.29) is 5.24 Å². The third-order valence-electron chi connectivity index (χ3n) is 1.48. The predicted molar refractivity (Wildman–Crippen MR) is 58.6 cm³/mol. The molecular formula is C11H15ClO2. The van der Waals surface area contributed by atoms with Gasteiger partial charge < -0.3 is 5.11 Å². The summed E-state index contributed by atoms with van der Waals surface area (Å²) >= 11 is 4.94. The number of hydrogen-bond acceptors (Lipinski definition) is 2. The molecule has 0 heterocycles. The van der Waals surface area contributed by atoms with E-state index in [1.54, 1.807) is 12.1 Å². The third-order valence-corrected chi connectivity index (χ3v) is 1.67. The van der Waals surface area contributed by atoms with Gasteiger partial charge in [0.15, 0.2) is 0 Å². The minimum absolute atomic E-state index is 0.238. The first kappa shape index (κ1) is 13.0. The van der Waals surface area contributed by atoms with Crippen molar-refractivity contribution in [2.75, 3.05) is 0 Å². The lowest BCUT2D eigenvalue weighted by molar-refractivity contribution is -0.111. The number of carbonyl (C=O) groups is 1. The van der Waals surface area contributed by atoms with Gasteiger partial charge in [0.25, 0.3) is 0 Å². The predicted octanol–water partition coefficient (Wildman–Crippen LogP) is 3.25. The second-order valence-corrected chi connectivity index (χ2v) is 3.36. The minimum atomic E-state index is -0.238. The van der Waals surface area contributed by atoms with Gasteiger partial charge >= 0.3 is 0 Å². The molecule has 1 N–H and O–H groups in total. The van der Waals surface area contributed by atoms with Crippen LogP contribution in [0.1, 0.15) is 25.3 Å². The van der Waals surface area contributed by atoms with E-state index >= 15 is 0 Å². The van der Waals surface area contributed by atoms with E-state index in [4.69, 9.17) is 16.7 Å². The van der Waals surface area contributed by atoms with Gasteiger partial charge in [-0.05, 0) is 37.1 Å². The maximum Gasteiger partial charge on any atom is 0.221 e. The van der Waals surface area contributed by atoms with Crippen molar-refractivity contribution in [1.82, 2.24) is 0 Å². The molecule has 78 valence electrons. The van der Waals surface area contributed by atoms with Gasteiger partial charge in [0.2, 0.25) is 5.24 Å². The van der Waals surface area contributed by atoms with Crippen molar-refractivity contribution < 1.29 is 9.90 Å². The molecule has 1 rings (SSSR count). The number of carbonyl (C=O) groups excluding carboxylic acids is 1. The molecule has 0 saturated carbocycles. The number of hydrogen-bond donors (Lipinski definition) is 1. The fourth-order valence-electron chi connectivity index (χ4n) is 0.741. The normalized spacial score (nSPS) is 8.79. The minimum Gasteiger partial charge on any atom is -0.508 e. The molecule has 0 atom stereocenters. The summed E-state index contributed by atoms with van der Waals surface area (Å²) in [6, 6.07) is 7.09. The summed E-state index contributed by atoms with van der Waals surface area (Å²) in [4.78, 5) is 9.81. The summed E-state index contributed by atoms with van der Waals surface area (Å²) in [5, 5.41) is 8.52. The Bertz CT molecular complexity index is 246. The highest BCUT2D eigenvalue weighted by Gasteiger charge is 1.87. The van der Waals surface area contributed by atoms with Crippen LogP contribution in [0.15, 0.2) is 24.3 Å². The number of benzene rings is 1. The smallest absolute Gasteiger partial charge is 0.221 e. The maximum absolute atomic E-state index is 9.81. The Morgan fingerprint density at radius 2 is 1.86 bits per heavy atom. The second-order valence-electron chi connectivity index (χ2n) is 2.94. The topological polar surface area (TPSA) is 37.3 Å². The number of halogens is 1. The lowest BCUT2D eigenvalue weighted by atomic mass is 10.2. The van der Waals surface area contributed by atoms with Crippen molar-refractivity contribution in [3.05, 3.63) is 29.8 Å². The molecule has 0 aliphatic carbocycles. The molecule has 0 radical (unpaired) electrons. The molecule has 0 aliphatic rings. The zero-order chi connectivity index (χ0) is 11.0. The first-order valence-electron chi connectivity index (χ1n) is 4.50. The lowest BCUT2D eigenvalue weighted by Crippen LogP contribution is -1.79. The van der Waals surface area contributed by atoms with Crippen LogP contribution < -0.4 is 0 Å². The van der Waals surface area contributed by atoms with Crippen molar-refractivity contribution >= 4 is 16.8 Å². The Hall–Kier alpha value is -1.02. The van der Waals surface area contributed by atoms with Crippen LogP contribution in [-0.2, 0) is 4.79 Å². The summed E-state index contributed by atoms with van der Waals surface area (Å²) in [5.41, 5.74) is 1.17. The molecule has 1 aromatic carbocycles. The summed E-state index contributed by atoms with van der Waals surface area (Å²) in [6.45, 7) is 3.90. The maximum atomic E-state index is 9.81. The molecular weight excluding hydrogens is 200 g/mol. The van der Waals surface area contributed by atoms with E-state index in [1.165, 1.54) is 5.56 Å². The molecule has 0 aromatic heterocycles. The van der Waals surface area contributed by atoms with E-state index < -0.39 is 0 Å². The molecule has 2 nitrogen and oxygen atoms in total. The van der Waals surface area contributed by atoms with Crippen molar-refractivity contribution in [2.45, 2.75) is 26.7 Å². The van der Waals surface area contributed by atoms with Crippen LogP contribution in [-0.4, -0.2) is 10.3 Å². The summed E-state index contributed by atoms with van der Waals surface area (Å²) in [7, 11) is 0. The zero-order valence-electron chi connectivity index (χ0n) is 8.46. The number of aryl methyl sites for hydroxylation is 1. The Morgan fingerprint density at radius 1 is 1.36 bits per heavy atom. The van der Waals surface area contributed by atoms with Crippen LogP contribution >= 0.6 is 11.6 Å². The Kier molecular flexibility index (Phi) is 6.85. The van der Waals surface area contributed by atoms with Crippen molar-refractivity contribution in [3.63, 3.8) is 0 Å².